The summed E-state index contributed by atoms with van der Waals surface area (Å²) in [6.45, 7) is 5.88. The summed E-state index contributed by atoms with van der Waals surface area (Å²) in [5, 5.41) is 5.81. The summed E-state index contributed by atoms with van der Waals surface area (Å²) < 4.78 is 0. The van der Waals surface area contributed by atoms with Gasteiger partial charge in [0.05, 0.1) is 0 Å². The first-order valence-corrected chi connectivity index (χ1v) is 10.5. The number of urea groups is 1. The molecule has 2 N–H and O–H groups in total. The quantitative estimate of drug-likeness (QED) is 0.747. The Hall–Kier alpha value is -2.82. The number of hydrogen-bond acceptors (Lipinski definition) is 2. The molecule has 0 saturated carbocycles. The number of amides is 3. The predicted molar refractivity (Wildman–Crippen MR) is 117 cm³/mol. The van der Waals surface area contributed by atoms with E-state index in [1.807, 2.05) is 30.0 Å². The van der Waals surface area contributed by atoms with Crippen LogP contribution < -0.4 is 10.6 Å². The third kappa shape index (κ3) is 6.34. The average molecular weight is 394 g/mol. The van der Waals surface area contributed by atoms with Crippen LogP contribution in [0.4, 0.5) is 10.5 Å². The summed E-state index contributed by atoms with van der Waals surface area (Å²) in [7, 11) is 0. The molecule has 0 bridgehead atoms. The van der Waals surface area contributed by atoms with Crippen LogP contribution in [0.15, 0.2) is 54.6 Å². The number of carbonyl (C=O) groups is 2. The van der Waals surface area contributed by atoms with Crippen LogP contribution >= 0.6 is 0 Å². The lowest BCUT2D eigenvalue weighted by molar-refractivity contribution is 0.0697. The normalized spacial score (nSPS) is 15.6. The largest absolute Gasteiger partial charge is 0.339 e. The molecule has 1 unspecified atom stereocenters. The van der Waals surface area contributed by atoms with Crippen molar-refractivity contribution in [3.63, 3.8) is 0 Å². The zero-order valence-electron chi connectivity index (χ0n) is 17.4. The van der Waals surface area contributed by atoms with Crippen LogP contribution in [0.25, 0.3) is 0 Å². The standard InChI is InChI=1S/C24H31N3O2/c1-18-14-16-27(17-15-18)23(28)21-10-12-22(13-11-21)26-24(29)25-19(2)8-9-20-6-4-3-5-7-20/h3-7,10-13,18-19H,8-9,14-17H2,1-2H3,(H2,25,26,29). The van der Waals surface area contributed by atoms with Crippen molar-refractivity contribution < 1.29 is 9.59 Å². The van der Waals surface area contributed by atoms with E-state index in [0.717, 1.165) is 38.8 Å². The van der Waals surface area contributed by atoms with E-state index in [-0.39, 0.29) is 18.0 Å². The molecule has 2 aromatic rings. The number of likely N-dealkylation sites (tertiary alicyclic amines) is 1. The lowest BCUT2D eigenvalue weighted by Crippen LogP contribution is -2.38. The van der Waals surface area contributed by atoms with Crippen LogP contribution in [-0.4, -0.2) is 36.0 Å². The van der Waals surface area contributed by atoms with Gasteiger partial charge in [-0.1, -0.05) is 37.3 Å². The van der Waals surface area contributed by atoms with Crippen LogP contribution in [0.3, 0.4) is 0 Å². The van der Waals surface area contributed by atoms with E-state index in [1.54, 1.807) is 24.3 Å². The van der Waals surface area contributed by atoms with E-state index in [1.165, 1.54) is 5.56 Å². The van der Waals surface area contributed by atoms with Crippen LogP contribution in [0.1, 0.15) is 49.0 Å². The van der Waals surface area contributed by atoms with Gasteiger partial charge in [-0.25, -0.2) is 4.79 Å². The monoisotopic (exact) mass is 393 g/mol. The maximum absolute atomic E-state index is 12.6. The maximum atomic E-state index is 12.6. The molecule has 0 aliphatic carbocycles. The maximum Gasteiger partial charge on any atom is 0.319 e. The Kier molecular flexibility index (Phi) is 7.28. The molecule has 0 aromatic heterocycles. The number of aryl methyl sites for hydroxylation is 1. The van der Waals surface area contributed by atoms with E-state index in [9.17, 15) is 9.59 Å². The summed E-state index contributed by atoms with van der Waals surface area (Å²) in [5.41, 5.74) is 2.62. The van der Waals surface area contributed by atoms with Crippen LogP contribution in [-0.2, 0) is 6.42 Å². The summed E-state index contributed by atoms with van der Waals surface area (Å²) in [4.78, 5) is 26.8. The van der Waals surface area contributed by atoms with Crippen molar-refractivity contribution in [1.29, 1.82) is 0 Å². The average Bonchev–Trinajstić information content (AvgIpc) is 2.73. The Labute approximate surface area is 173 Å². The highest BCUT2D eigenvalue weighted by Gasteiger charge is 2.21. The zero-order valence-corrected chi connectivity index (χ0v) is 17.4. The molecule has 154 valence electrons. The van der Waals surface area contributed by atoms with E-state index in [4.69, 9.17) is 0 Å². The van der Waals surface area contributed by atoms with Crippen molar-refractivity contribution in [3.05, 3.63) is 65.7 Å². The smallest absolute Gasteiger partial charge is 0.319 e. The van der Waals surface area contributed by atoms with Gasteiger partial charge in [0.1, 0.15) is 0 Å². The summed E-state index contributed by atoms with van der Waals surface area (Å²) in [6.07, 6.45) is 3.93. The Morgan fingerprint density at radius 3 is 2.34 bits per heavy atom. The molecule has 3 amide bonds. The third-order valence-corrected chi connectivity index (χ3v) is 5.55. The Morgan fingerprint density at radius 2 is 1.69 bits per heavy atom. The third-order valence-electron chi connectivity index (χ3n) is 5.55. The Balaban J connectivity index is 1.45. The van der Waals surface area contributed by atoms with Gasteiger partial charge >= 0.3 is 6.03 Å². The fourth-order valence-electron chi connectivity index (χ4n) is 3.58. The Bertz CT molecular complexity index is 797. The lowest BCUT2D eigenvalue weighted by atomic mass is 9.98. The molecule has 3 rings (SSSR count). The van der Waals surface area contributed by atoms with Crippen LogP contribution in [0, 0.1) is 5.92 Å². The highest BCUT2D eigenvalue weighted by molar-refractivity contribution is 5.95. The first kappa shape index (κ1) is 20.9. The number of rotatable bonds is 6. The van der Waals surface area contributed by atoms with E-state index in [0.29, 0.717) is 17.2 Å². The minimum absolute atomic E-state index is 0.0672. The summed E-state index contributed by atoms with van der Waals surface area (Å²) in [6, 6.07) is 17.2. The van der Waals surface area contributed by atoms with Crippen LogP contribution in [0.5, 0.6) is 0 Å². The number of nitrogens with zero attached hydrogens (tertiary/aromatic N) is 1. The molecule has 1 aliphatic rings. The second-order valence-corrected chi connectivity index (χ2v) is 8.08. The van der Waals surface area contributed by atoms with Gasteiger partial charge in [-0.15, -0.1) is 0 Å². The molecule has 5 nitrogen and oxygen atoms in total. The molecule has 1 heterocycles. The number of benzene rings is 2. The lowest BCUT2D eigenvalue weighted by Gasteiger charge is -2.30. The summed E-state index contributed by atoms with van der Waals surface area (Å²) >= 11 is 0. The van der Waals surface area contributed by atoms with Gasteiger partial charge in [0, 0.05) is 30.4 Å². The minimum Gasteiger partial charge on any atom is -0.339 e. The molecule has 1 fully saturated rings. The second kappa shape index (κ2) is 10.1. The second-order valence-electron chi connectivity index (χ2n) is 8.08. The highest BCUT2D eigenvalue weighted by Crippen LogP contribution is 2.19. The van der Waals surface area contributed by atoms with E-state index < -0.39 is 0 Å². The number of nitrogens with one attached hydrogen (secondary N) is 2. The van der Waals surface area contributed by atoms with E-state index in [2.05, 4.69) is 29.7 Å². The van der Waals surface area contributed by atoms with Crippen molar-refractivity contribution in [2.45, 2.75) is 45.6 Å². The van der Waals surface area contributed by atoms with Gasteiger partial charge < -0.3 is 15.5 Å². The van der Waals surface area contributed by atoms with Crippen LogP contribution in [0.2, 0.25) is 0 Å². The first-order chi connectivity index (χ1) is 14.0. The van der Waals surface area contributed by atoms with Crippen molar-refractivity contribution in [2.24, 2.45) is 5.92 Å². The minimum atomic E-state index is -0.227. The van der Waals surface area contributed by atoms with E-state index >= 15 is 0 Å². The molecule has 1 aliphatic heterocycles. The molecule has 5 heteroatoms. The molecule has 1 atom stereocenters. The predicted octanol–water partition coefficient (Wildman–Crippen LogP) is 4.70. The number of piperidine rings is 1. The molecular formula is C24H31N3O2. The number of anilines is 1. The molecule has 0 spiro atoms. The Morgan fingerprint density at radius 1 is 1.03 bits per heavy atom. The number of hydrogen-bond donors (Lipinski definition) is 2. The van der Waals surface area contributed by atoms with Gasteiger partial charge in [-0.05, 0) is 68.4 Å². The topological polar surface area (TPSA) is 61.4 Å². The van der Waals surface area contributed by atoms with Gasteiger partial charge in [-0.3, -0.25) is 4.79 Å². The van der Waals surface area contributed by atoms with Gasteiger partial charge in [0.25, 0.3) is 5.91 Å². The SMILES string of the molecule is CC1CCN(C(=O)c2ccc(NC(=O)NC(C)CCc3ccccc3)cc2)CC1. The molecule has 2 aromatic carbocycles. The summed E-state index contributed by atoms with van der Waals surface area (Å²) in [5.74, 6) is 0.765. The van der Waals surface area contributed by atoms with Crippen molar-refractivity contribution >= 4 is 17.6 Å². The molecule has 1 saturated heterocycles. The first-order valence-electron chi connectivity index (χ1n) is 10.5. The number of carbonyl (C=O) groups excluding carboxylic acids is 2. The van der Waals surface area contributed by atoms with Crippen molar-refractivity contribution in [1.82, 2.24) is 10.2 Å². The fraction of sp³-hybridized carbons (Fsp3) is 0.417. The van der Waals surface area contributed by atoms with Gasteiger partial charge in [0.2, 0.25) is 0 Å². The molecular weight excluding hydrogens is 362 g/mol. The highest BCUT2D eigenvalue weighted by atomic mass is 16.2. The fourth-order valence-corrected chi connectivity index (χ4v) is 3.58. The van der Waals surface area contributed by atoms with Gasteiger partial charge in [-0.2, -0.15) is 0 Å². The van der Waals surface area contributed by atoms with Gasteiger partial charge in [0.15, 0.2) is 0 Å². The van der Waals surface area contributed by atoms with Crippen molar-refractivity contribution in [2.75, 3.05) is 18.4 Å². The molecule has 29 heavy (non-hydrogen) atoms. The zero-order chi connectivity index (χ0) is 20.6. The van der Waals surface area contributed by atoms with Crippen molar-refractivity contribution in [3.8, 4) is 0 Å². The molecule has 0 radical (unpaired) electrons.